The molecule has 0 N–H and O–H groups in total. The fraction of sp³-hybridized carbons (Fsp3) is 1.00. The minimum Gasteiger partial charge on any atom is -0.379 e. The van der Waals surface area contributed by atoms with Crippen LogP contribution < -0.4 is 0 Å². The van der Waals surface area contributed by atoms with Crippen molar-refractivity contribution in [1.29, 1.82) is 0 Å². The third-order valence-corrected chi connectivity index (χ3v) is 8.14. The molecule has 28 heavy (non-hydrogen) atoms. The maximum atomic E-state index is 6.39. The highest BCUT2D eigenvalue weighted by atomic mass is 28.4. The van der Waals surface area contributed by atoms with Crippen molar-refractivity contribution in [3.63, 3.8) is 0 Å². The molecule has 0 spiro atoms. The van der Waals surface area contributed by atoms with Gasteiger partial charge in [-0.2, -0.15) is 0 Å². The summed E-state index contributed by atoms with van der Waals surface area (Å²) >= 11 is 0. The average molecular weight is 421 g/mol. The number of ether oxygens (including phenoxy) is 3. The van der Waals surface area contributed by atoms with E-state index < -0.39 is 8.80 Å². The number of hydrogen-bond donors (Lipinski definition) is 0. The molecule has 0 amide bonds. The van der Waals surface area contributed by atoms with Gasteiger partial charge in [-0.05, 0) is 32.1 Å². The van der Waals surface area contributed by atoms with Crippen LogP contribution >= 0.6 is 0 Å². The zero-order valence-corrected chi connectivity index (χ0v) is 19.5. The lowest BCUT2D eigenvalue weighted by atomic mass is 10.0. The van der Waals surface area contributed by atoms with Crippen LogP contribution in [0.25, 0.3) is 0 Å². The maximum absolute atomic E-state index is 6.39. The highest BCUT2D eigenvalue weighted by Gasteiger charge is 2.49. The highest BCUT2D eigenvalue weighted by Crippen LogP contribution is 2.39. The lowest BCUT2D eigenvalue weighted by molar-refractivity contribution is -0.00731. The minimum absolute atomic E-state index is 0.366. The van der Waals surface area contributed by atoms with Gasteiger partial charge in [-0.25, -0.2) is 0 Å². The summed E-state index contributed by atoms with van der Waals surface area (Å²) in [6.45, 7) is 11.9. The van der Waals surface area contributed by atoms with Crippen LogP contribution in [-0.4, -0.2) is 68.3 Å². The second-order valence-corrected chi connectivity index (χ2v) is 10.2. The topological polar surface area (TPSA) is 55.4 Å². The van der Waals surface area contributed by atoms with Crippen LogP contribution in [-0.2, 0) is 27.5 Å². The van der Waals surface area contributed by atoms with Crippen molar-refractivity contribution in [1.82, 2.24) is 0 Å². The Morgan fingerprint density at radius 3 is 1.29 bits per heavy atom. The van der Waals surface area contributed by atoms with Gasteiger partial charge < -0.3 is 27.5 Å². The lowest BCUT2D eigenvalue weighted by Gasteiger charge is -2.37. The molecule has 0 aliphatic heterocycles. The van der Waals surface area contributed by atoms with Crippen molar-refractivity contribution in [2.24, 2.45) is 0 Å². The Hall–Kier alpha value is -0.0231. The Bertz CT molecular complexity index is 303. The summed E-state index contributed by atoms with van der Waals surface area (Å²) in [5.41, 5.74) is 0.366. The van der Waals surface area contributed by atoms with E-state index in [1.54, 1.807) is 0 Å². The summed E-state index contributed by atoms with van der Waals surface area (Å²) in [4.78, 5) is 0. The number of hydrogen-bond acceptors (Lipinski definition) is 6. The first-order valence-corrected chi connectivity index (χ1v) is 13.2. The van der Waals surface area contributed by atoms with Gasteiger partial charge in [0.25, 0.3) is 0 Å². The number of rotatable bonds is 19. The summed E-state index contributed by atoms with van der Waals surface area (Å²) in [5, 5.41) is 0. The summed E-state index contributed by atoms with van der Waals surface area (Å²) in [7, 11) is -2.82. The van der Waals surface area contributed by atoms with Crippen molar-refractivity contribution >= 4 is 8.80 Å². The van der Waals surface area contributed by atoms with E-state index >= 15 is 0 Å². The second kappa shape index (κ2) is 17.8. The first-order chi connectivity index (χ1) is 13.8. The van der Waals surface area contributed by atoms with Crippen molar-refractivity contribution in [3.8, 4) is 0 Å². The van der Waals surface area contributed by atoms with Crippen LogP contribution in [0.3, 0.4) is 0 Å². The second-order valence-electron chi connectivity index (χ2n) is 7.32. The van der Waals surface area contributed by atoms with Gasteiger partial charge in [-0.1, -0.05) is 40.0 Å². The molecule has 0 atom stereocenters. The molecule has 0 heterocycles. The molecule has 1 saturated carbocycles. The third kappa shape index (κ3) is 11.2. The van der Waals surface area contributed by atoms with E-state index in [4.69, 9.17) is 27.5 Å². The molecule has 0 bridgehead atoms. The van der Waals surface area contributed by atoms with Gasteiger partial charge in [0.2, 0.25) is 0 Å². The van der Waals surface area contributed by atoms with E-state index in [-0.39, 0.29) is 0 Å². The summed E-state index contributed by atoms with van der Waals surface area (Å²) in [6, 6.07) is 0. The Kier molecular flexibility index (Phi) is 16.5. The average Bonchev–Trinajstić information content (AvgIpc) is 2.73. The molecule has 0 saturated heterocycles. The minimum atomic E-state index is -2.82. The largest absolute Gasteiger partial charge is 0.504 e. The van der Waals surface area contributed by atoms with E-state index in [1.807, 2.05) is 0 Å². The molecule has 6 nitrogen and oxygen atoms in total. The predicted molar refractivity (Wildman–Crippen MR) is 114 cm³/mol. The smallest absolute Gasteiger partial charge is 0.379 e. The normalized spacial score (nSPS) is 16.0. The van der Waals surface area contributed by atoms with E-state index in [9.17, 15) is 0 Å². The Morgan fingerprint density at radius 1 is 0.536 bits per heavy atom. The van der Waals surface area contributed by atoms with Gasteiger partial charge in [0.15, 0.2) is 0 Å². The predicted octanol–water partition coefficient (Wildman–Crippen LogP) is 4.59. The molecule has 1 aliphatic rings. The van der Waals surface area contributed by atoms with Crippen LogP contribution in [0.2, 0.25) is 5.54 Å². The molecular weight excluding hydrogens is 376 g/mol. The lowest BCUT2D eigenvalue weighted by Crippen LogP contribution is -2.52. The van der Waals surface area contributed by atoms with Crippen LogP contribution in [0.1, 0.15) is 72.1 Å². The molecule has 7 heteroatoms. The summed E-state index contributed by atoms with van der Waals surface area (Å²) in [6.07, 6.45) is 9.02. The third-order valence-electron chi connectivity index (χ3n) is 4.74. The molecule has 1 fully saturated rings. The SMILES string of the molecule is CCCOCCO[Si](OCCOCCC)(OCCOCCC)C1CCCCC1. The first kappa shape index (κ1) is 26.0. The van der Waals surface area contributed by atoms with Gasteiger partial charge in [-0.3, -0.25) is 0 Å². The molecular formula is C21H44O6Si. The van der Waals surface area contributed by atoms with E-state index in [0.29, 0.717) is 45.2 Å². The Balaban J connectivity index is 2.66. The summed E-state index contributed by atoms with van der Waals surface area (Å²) in [5.74, 6) is 0. The molecule has 0 radical (unpaired) electrons. The highest BCUT2D eigenvalue weighted by molar-refractivity contribution is 6.62. The molecule has 1 aliphatic carbocycles. The molecule has 0 aromatic rings. The fourth-order valence-corrected chi connectivity index (χ4v) is 6.58. The monoisotopic (exact) mass is 420 g/mol. The van der Waals surface area contributed by atoms with Crippen LogP contribution in [0.15, 0.2) is 0 Å². The van der Waals surface area contributed by atoms with E-state index in [1.165, 1.54) is 19.3 Å². The molecule has 0 unspecified atom stereocenters. The van der Waals surface area contributed by atoms with E-state index in [0.717, 1.165) is 51.9 Å². The van der Waals surface area contributed by atoms with E-state index in [2.05, 4.69) is 20.8 Å². The molecule has 1 rings (SSSR count). The van der Waals surface area contributed by atoms with Gasteiger partial charge >= 0.3 is 8.80 Å². The van der Waals surface area contributed by atoms with Gasteiger partial charge in [0.05, 0.1) is 39.6 Å². The molecule has 168 valence electrons. The maximum Gasteiger partial charge on any atom is 0.504 e. The molecule has 0 aromatic carbocycles. The Labute approximate surface area is 173 Å². The molecule has 0 aromatic heterocycles. The standard InChI is InChI=1S/C21H44O6Si/c1-4-12-22-15-18-25-28(21-10-8-7-9-11-21,26-19-16-23-13-5-2)27-20-17-24-14-6-3/h21H,4-20H2,1-3H3. The Morgan fingerprint density at radius 2 is 0.929 bits per heavy atom. The zero-order chi connectivity index (χ0) is 20.3. The van der Waals surface area contributed by atoms with Gasteiger partial charge in [-0.15, -0.1) is 0 Å². The van der Waals surface area contributed by atoms with Crippen molar-refractivity contribution in [2.75, 3.05) is 59.5 Å². The van der Waals surface area contributed by atoms with Gasteiger partial charge in [0.1, 0.15) is 0 Å². The first-order valence-electron chi connectivity index (χ1n) is 11.4. The van der Waals surface area contributed by atoms with Gasteiger partial charge in [0, 0.05) is 25.4 Å². The van der Waals surface area contributed by atoms with Crippen LogP contribution in [0.4, 0.5) is 0 Å². The quantitative estimate of drug-likeness (QED) is 0.225. The zero-order valence-electron chi connectivity index (χ0n) is 18.5. The van der Waals surface area contributed by atoms with Crippen molar-refractivity contribution in [2.45, 2.75) is 77.7 Å². The van der Waals surface area contributed by atoms with Crippen LogP contribution in [0.5, 0.6) is 0 Å². The fourth-order valence-electron chi connectivity index (χ4n) is 3.40. The van der Waals surface area contributed by atoms with Crippen LogP contribution in [0, 0.1) is 0 Å². The summed E-state index contributed by atoms with van der Waals surface area (Å²) < 4.78 is 36.0. The van der Waals surface area contributed by atoms with Crippen molar-refractivity contribution < 1.29 is 27.5 Å². The van der Waals surface area contributed by atoms with Crippen molar-refractivity contribution in [3.05, 3.63) is 0 Å².